The first-order valence-corrected chi connectivity index (χ1v) is 8.43. The lowest BCUT2D eigenvalue weighted by molar-refractivity contribution is -0.136. The maximum absolute atomic E-state index is 13.8. The van der Waals surface area contributed by atoms with E-state index in [4.69, 9.17) is 9.84 Å². The van der Waals surface area contributed by atoms with Crippen molar-refractivity contribution in [1.29, 1.82) is 0 Å². The topological polar surface area (TPSA) is 75.6 Å². The summed E-state index contributed by atoms with van der Waals surface area (Å²) in [6.45, 7) is 2.52. The predicted octanol–water partition coefficient (Wildman–Crippen LogP) is 3.95. The van der Waals surface area contributed by atoms with Gasteiger partial charge in [-0.05, 0) is 55.2 Å². The number of carboxylic acids is 1. The highest BCUT2D eigenvalue weighted by Gasteiger charge is 2.09. The number of anilines is 1. The first kappa shape index (κ1) is 19.4. The number of carboxylic acid groups (broad SMARTS) is 1. The largest absolute Gasteiger partial charge is 0.494 e. The predicted molar refractivity (Wildman–Crippen MR) is 96.9 cm³/mol. The molecule has 0 aromatic heterocycles. The van der Waals surface area contributed by atoms with Gasteiger partial charge in [0, 0.05) is 12.1 Å². The molecule has 0 aliphatic carbocycles. The number of aliphatic carboxylic acids is 1. The second kappa shape index (κ2) is 9.56. The van der Waals surface area contributed by atoms with Crippen molar-refractivity contribution < 1.29 is 23.8 Å². The third-order valence-corrected chi connectivity index (χ3v) is 3.73. The van der Waals surface area contributed by atoms with Crippen molar-refractivity contribution in [2.75, 3.05) is 11.9 Å². The minimum Gasteiger partial charge on any atom is -0.494 e. The Morgan fingerprint density at radius 3 is 2.65 bits per heavy atom. The monoisotopic (exact) mass is 359 g/mol. The summed E-state index contributed by atoms with van der Waals surface area (Å²) in [5, 5.41) is 11.3. The second-order valence-electron chi connectivity index (χ2n) is 6.05. The van der Waals surface area contributed by atoms with Crippen LogP contribution in [0.1, 0.15) is 30.4 Å². The number of unbranched alkanes of at least 4 members (excludes halogenated alkanes) is 1. The van der Waals surface area contributed by atoms with Crippen molar-refractivity contribution in [2.45, 2.75) is 32.6 Å². The van der Waals surface area contributed by atoms with Crippen molar-refractivity contribution in [3.8, 4) is 5.75 Å². The van der Waals surface area contributed by atoms with E-state index in [1.54, 1.807) is 0 Å². The Hall–Kier alpha value is -2.89. The number of carbonyl (C=O) groups is 2. The summed E-state index contributed by atoms with van der Waals surface area (Å²) in [5.41, 5.74) is 1.53. The molecule has 26 heavy (non-hydrogen) atoms. The fourth-order valence-corrected chi connectivity index (χ4v) is 2.44. The van der Waals surface area contributed by atoms with Gasteiger partial charge in [0.05, 0.1) is 13.0 Å². The van der Waals surface area contributed by atoms with Crippen LogP contribution in [0, 0.1) is 12.7 Å². The Labute approximate surface area is 151 Å². The lowest BCUT2D eigenvalue weighted by atomic mass is 10.1. The molecule has 0 fully saturated rings. The van der Waals surface area contributed by atoms with Gasteiger partial charge in [-0.1, -0.05) is 18.2 Å². The van der Waals surface area contributed by atoms with E-state index in [2.05, 4.69) is 5.32 Å². The van der Waals surface area contributed by atoms with Crippen LogP contribution < -0.4 is 10.1 Å². The Kier molecular flexibility index (Phi) is 7.14. The minimum absolute atomic E-state index is 0.0868. The zero-order valence-electron chi connectivity index (χ0n) is 14.6. The van der Waals surface area contributed by atoms with E-state index in [1.165, 1.54) is 12.1 Å². The molecule has 2 aromatic rings. The molecule has 2 rings (SSSR count). The SMILES string of the molecule is Cc1cccc(OCCCCC(=O)Nc2ccc(CC(=O)O)c(F)c2)c1. The summed E-state index contributed by atoms with van der Waals surface area (Å²) in [4.78, 5) is 22.5. The number of hydrogen-bond donors (Lipinski definition) is 2. The first-order chi connectivity index (χ1) is 12.4. The van der Waals surface area contributed by atoms with Crippen molar-refractivity contribution in [1.82, 2.24) is 0 Å². The maximum atomic E-state index is 13.8. The minimum atomic E-state index is -1.10. The van der Waals surface area contributed by atoms with Crippen molar-refractivity contribution in [3.05, 3.63) is 59.4 Å². The lowest BCUT2D eigenvalue weighted by Crippen LogP contribution is -2.12. The van der Waals surface area contributed by atoms with Gasteiger partial charge in [0.15, 0.2) is 0 Å². The molecule has 0 heterocycles. The van der Waals surface area contributed by atoms with Crippen LogP contribution >= 0.6 is 0 Å². The molecule has 1 amide bonds. The molecular weight excluding hydrogens is 337 g/mol. The van der Waals surface area contributed by atoms with Crippen LogP contribution in [-0.4, -0.2) is 23.6 Å². The van der Waals surface area contributed by atoms with Crippen LogP contribution in [0.4, 0.5) is 10.1 Å². The molecular formula is C20H22FNO4. The molecule has 0 spiro atoms. The third kappa shape index (κ3) is 6.55. The second-order valence-corrected chi connectivity index (χ2v) is 6.05. The van der Waals surface area contributed by atoms with Crippen LogP contribution in [0.2, 0.25) is 0 Å². The first-order valence-electron chi connectivity index (χ1n) is 8.43. The molecule has 5 nitrogen and oxygen atoms in total. The van der Waals surface area contributed by atoms with E-state index < -0.39 is 11.8 Å². The highest BCUT2D eigenvalue weighted by molar-refractivity contribution is 5.90. The summed E-state index contributed by atoms with van der Waals surface area (Å²) in [6, 6.07) is 11.8. The van der Waals surface area contributed by atoms with E-state index in [1.807, 2.05) is 31.2 Å². The highest BCUT2D eigenvalue weighted by Crippen LogP contribution is 2.16. The maximum Gasteiger partial charge on any atom is 0.307 e. The summed E-state index contributed by atoms with van der Waals surface area (Å²) in [7, 11) is 0. The van der Waals surface area contributed by atoms with Crippen LogP contribution in [0.15, 0.2) is 42.5 Å². The van der Waals surface area contributed by atoms with Gasteiger partial charge < -0.3 is 15.2 Å². The van der Waals surface area contributed by atoms with Gasteiger partial charge in [-0.3, -0.25) is 9.59 Å². The van der Waals surface area contributed by atoms with E-state index in [9.17, 15) is 14.0 Å². The number of ether oxygens (including phenoxy) is 1. The molecule has 0 aliphatic heterocycles. The number of halogens is 1. The van der Waals surface area contributed by atoms with Crippen molar-refractivity contribution in [2.24, 2.45) is 0 Å². The molecule has 2 N–H and O–H groups in total. The molecule has 0 unspecified atom stereocenters. The van der Waals surface area contributed by atoms with Crippen molar-refractivity contribution in [3.63, 3.8) is 0 Å². The normalized spacial score (nSPS) is 10.4. The quantitative estimate of drug-likeness (QED) is 0.665. The van der Waals surface area contributed by atoms with Gasteiger partial charge in [0.1, 0.15) is 11.6 Å². The molecule has 0 saturated heterocycles. The number of nitrogens with one attached hydrogen (secondary N) is 1. The molecule has 2 aromatic carbocycles. The molecule has 0 saturated carbocycles. The fourth-order valence-electron chi connectivity index (χ4n) is 2.44. The van der Waals surface area contributed by atoms with Gasteiger partial charge in [-0.2, -0.15) is 0 Å². The zero-order valence-corrected chi connectivity index (χ0v) is 14.6. The van der Waals surface area contributed by atoms with E-state index in [0.29, 0.717) is 25.1 Å². The van der Waals surface area contributed by atoms with Gasteiger partial charge in [-0.25, -0.2) is 4.39 Å². The van der Waals surface area contributed by atoms with Crippen molar-refractivity contribution >= 4 is 17.6 Å². The molecule has 0 bridgehead atoms. The number of rotatable bonds is 9. The number of carbonyl (C=O) groups excluding carboxylic acids is 1. The van der Waals surface area contributed by atoms with Crippen LogP contribution in [0.5, 0.6) is 5.75 Å². The Bertz CT molecular complexity index is 776. The zero-order chi connectivity index (χ0) is 18.9. The Morgan fingerprint density at radius 2 is 1.96 bits per heavy atom. The van der Waals surface area contributed by atoms with E-state index >= 15 is 0 Å². The summed E-state index contributed by atoms with van der Waals surface area (Å²) in [6.07, 6.45) is 1.29. The fraction of sp³-hybridized carbons (Fsp3) is 0.300. The molecule has 0 atom stereocenters. The Morgan fingerprint density at radius 1 is 1.15 bits per heavy atom. The van der Waals surface area contributed by atoms with Crippen LogP contribution in [-0.2, 0) is 16.0 Å². The van der Waals surface area contributed by atoms with Gasteiger partial charge in [-0.15, -0.1) is 0 Å². The summed E-state index contributed by atoms with van der Waals surface area (Å²) >= 11 is 0. The lowest BCUT2D eigenvalue weighted by Gasteiger charge is -2.08. The van der Waals surface area contributed by atoms with E-state index in [0.717, 1.165) is 23.8 Å². The Balaban J connectivity index is 1.70. The summed E-state index contributed by atoms with van der Waals surface area (Å²) in [5.74, 6) is -1.15. The standard InChI is InChI=1S/C20H22FNO4/c1-14-5-4-6-17(11-14)26-10-3-2-7-19(23)22-16-9-8-15(12-20(24)25)18(21)13-16/h4-6,8-9,11,13H,2-3,7,10,12H2,1H3,(H,22,23)(H,24,25). The van der Waals surface area contributed by atoms with Crippen LogP contribution in [0.3, 0.4) is 0 Å². The smallest absolute Gasteiger partial charge is 0.307 e. The van der Waals surface area contributed by atoms with Crippen LogP contribution in [0.25, 0.3) is 0 Å². The third-order valence-electron chi connectivity index (χ3n) is 3.73. The van der Waals surface area contributed by atoms with Gasteiger partial charge in [0.2, 0.25) is 5.91 Å². The highest BCUT2D eigenvalue weighted by atomic mass is 19.1. The molecule has 138 valence electrons. The molecule has 6 heteroatoms. The number of benzene rings is 2. The number of aryl methyl sites for hydroxylation is 1. The van der Waals surface area contributed by atoms with E-state index in [-0.39, 0.29) is 17.9 Å². The van der Waals surface area contributed by atoms with Gasteiger partial charge in [0.25, 0.3) is 0 Å². The molecule has 0 radical (unpaired) electrons. The van der Waals surface area contributed by atoms with Gasteiger partial charge >= 0.3 is 5.97 Å². The average Bonchev–Trinajstić information content (AvgIpc) is 2.57. The number of hydrogen-bond acceptors (Lipinski definition) is 3. The molecule has 0 aliphatic rings. The summed E-state index contributed by atoms with van der Waals surface area (Å²) < 4.78 is 19.4. The average molecular weight is 359 g/mol. The number of amides is 1.